The Morgan fingerprint density at radius 3 is 1.77 bits per heavy atom. The van der Waals surface area contributed by atoms with E-state index < -0.39 is 20.2 Å². The fourth-order valence-electron chi connectivity index (χ4n) is 6.04. The van der Waals surface area contributed by atoms with Crippen LogP contribution in [0.2, 0.25) is 16.6 Å². The van der Waals surface area contributed by atoms with Gasteiger partial charge in [-0.05, 0) is 42.1 Å². The van der Waals surface area contributed by atoms with Crippen LogP contribution in [0.1, 0.15) is 129 Å². The van der Waals surface area contributed by atoms with Gasteiger partial charge in [0.1, 0.15) is 23.9 Å². The molecule has 0 aliphatic carbocycles. The predicted octanol–water partition coefficient (Wildman–Crippen LogP) is 7.65. The van der Waals surface area contributed by atoms with Gasteiger partial charge in [0.15, 0.2) is 31.5 Å². The Hall–Kier alpha value is -3.58. The van der Waals surface area contributed by atoms with Gasteiger partial charge in [0.05, 0.1) is 18.7 Å². The fourth-order valence-corrected chi connectivity index (χ4v) is 12.0. The summed E-state index contributed by atoms with van der Waals surface area (Å²) in [6, 6.07) is 3.20. The minimum absolute atomic E-state index is 0.0141. The summed E-state index contributed by atoms with van der Waals surface area (Å²) in [6.07, 6.45) is 3.79. The Kier molecular flexibility index (Phi) is 15.2. The van der Waals surface area contributed by atoms with Crippen LogP contribution in [0.15, 0.2) is 38.0 Å². The number of carbonyl (C=O) groups is 3. The van der Waals surface area contributed by atoms with E-state index in [1.54, 1.807) is 18.4 Å². The second-order valence-electron chi connectivity index (χ2n) is 12.2. The van der Waals surface area contributed by atoms with Crippen LogP contribution in [0.25, 0.3) is 0 Å². The number of Topliss-reactive ketones (excluding diaryl/α,β-unsaturated/α-hetero) is 2. The van der Waals surface area contributed by atoms with Gasteiger partial charge in [0.2, 0.25) is 5.89 Å². The molecule has 0 N–H and O–H groups in total. The quantitative estimate of drug-likeness (QED) is 0.0802. The molecule has 12 nitrogen and oxygen atoms in total. The SMILES string of the molecule is CCC(CC(=O)c1cc(Br)cc(C(=O)CC(CO[Si](C(C)C)(C(C)C)C(C)C)c2nc(C(=O)OC)co2)n1)c1nc(C)co1.O=C=O. The number of hydrogen-bond donors (Lipinski definition) is 0. The van der Waals surface area contributed by atoms with Crippen LogP contribution in [-0.4, -0.2) is 60.7 Å². The third kappa shape index (κ3) is 10.2. The predicted molar refractivity (Wildman–Crippen MR) is 177 cm³/mol. The zero-order valence-corrected chi connectivity index (χ0v) is 31.0. The van der Waals surface area contributed by atoms with Crippen LogP contribution in [0.5, 0.6) is 0 Å². The number of pyridine rings is 1. The standard InChI is InChI=1S/C32H44BrN3O7Si.CO2/c1-10-22(30-34-21(8)15-41-30)11-28(37)25-13-24(33)14-26(35-25)29(38)12-23(31-36-27(17-42-31)32(39)40-9)16-43-44(18(2)3,19(4)5)20(6)7;2-1-3/h13-15,17-20,22-23H,10-12,16H2,1-9H3;. The Labute approximate surface area is 284 Å². The van der Waals surface area contributed by atoms with Crippen LogP contribution in [0.4, 0.5) is 0 Å². The maximum atomic E-state index is 13.8. The van der Waals surface area contributed by atoms with Crippen molar-refractivity contribution in [1.82, 2.24) is 15.0 Å². The molecule has 0 saturated carbocycles. The first-order chi connectivity index (χ1) is 22.1. The summed E-state index contributed by atoms with van der Waals surface area (Å²) in [5.74, 6) is -1.26. The molecule has 0 bridgehead atoms. The Balaban J connectivity index is 0.00000246. The summed E-state index contributed by atoms with van der Waals surface area (Å²) < 4.78 is 23.4. The molecule has 0 aromatic carbocycles. The van der Waals surface area contributed by atoms with E-state index >= 15 is 0 Å². The van der Waals surface area contributed by atoms with Gasteiger partial charge in [-0.1, -0.05) is 64.4 Å². The van der Waals surface area contributed by atoms with Gasteiger partial charge in [0.25, 0.3) is 0 Å². The minimum Gasteiger partial charge on any atom is -0.464 e. The van der Waals surface area contributed by atoms with Gasteiger partial charge >= 0.3 is 12.1 Å². The molecule has 0 aliphatic rings. The monoisotopic (exact) mass is 733 g/mol. The highest BCUT2D eigenvalue weighted by molar-refractivity contribution is 9.10. The number of rotatable bonds is 16. The van der Waals surface area contributed by atoms with Crippen molar-refractivity contribution < 1.29 is 42.0 Å². The molecule has 0 radical (unpaired) electrons. The second kappa shape index (κ2) is 18.1. The van der Waals surface area contributed by atoms with Gasteiger partial charge in [-0.3, -0.25) is 9.59 Å². The van der Waals surface area contributed by atoms with Crippen LogP contribution < -0.4 is 0 Å². The number of ketones is 2. The first-order valence-corrected chi connectivity index (χ1v) is 18.4. The first kappa shape index (κ1) is 39.6. The number of ether oxygens (including phenoxy) is 1. The smallest absolute Gasteiger partial charge is 0.373 e. The molecule has 2 unspecified atom stereocenters. The van der Waals surface area contributed by atoms with E-state index in [-0.39, 0.29) is 66.1 Å². The number of esters is 1. The molecule has 3 rings (SSSR count). The average Bonchev–Trinajstić information content (AvgIpc) is 3.68. The van der Waals surface area contributed by atoms with E-state index in [0.717, 1.165) is 5.69 Å². The van der Waals surface area contributed by atoms with Gasteiger partial charge < -0.3 is 18.0 Å². The lowest BCUT2D eigenvalue weighted by atomic mass is 9.97. The Bertz CT molecular complexity index is 1520. The number of aromatic nitrogens is 3. The highest BCUT2D eigenvalue weighted by atomic mass is 79.9. The molecule has 47 heavy (non-hydrogen) atoms. The average molecular weight is 735 g/mol. The lowest BCUT2D eigenvalue weighted by Gasteiger charge is -2.42. The van der Waals surface area contributed by atoms with E-state index in [9.17, 15) is 14.4 Å². The molecule has 0 amide bonds. The van der Waals surface area contributed by atoms with E-state index in [4.69, 9.17) is 27.6 Å². The summed E-state index contributed by atoms with van der Waals surface area (Å²) >= 11 is 3.45. The third-order valence-electron chi connectivity index (χ3n) is 8.21. The van der Waals surface area contributed by atoms with Crippen molar-refractivity contribution >= 4 is 47.9 Å². The Morgan fingerprint density at radius 2 is 1.32 bits per heavy atom. The van der Waals surface area contributed by atoms with Gasteiger partial charge in [-0.15, -0.1) is 0 Å². The van der Waals surface area contributed by atoms with Crippen LogP contribution in [-0.2, 0) is 18.8 Å². The van der Waals surface area contributed by atoms with Gasteiger partial charge in [-0.25, -0.2) is 19.7 Å². The van der Waals surface area contributed by atoms with Crippen molar-refractivity contribution in [3.63, 3.8) is 0 Å². The molecule has 256 valence electrons. The molecule has 3 aromatic rings. The highest BCUT2D eigenvalue weighted by Crippen LogP contribution is 2.43. The van der Waals surface area contributed by atoms with Crippen molar-refractivity contribution in [2.45, 2.75) is 103 Å². The molecule has 3 aromatic heterocycles. The molecule has 14 heteroatoms. The number of carbonyl (C=O) groups excluding carboxylic acids is 5. The maximum absolute atomic E-state index is 13.8. The molecule has 0 spiro atoms. The molecule has 3 heterocycles. The van der Waals surface area contributed by atoms with Crippen LogP contribution in [0.3, 0.4) is 0 Å². The topological polar surface area (TPSA) is 169 Å². The third-order valence-corrected chi connectivity index (χ3v) is 14.7. The number of oxazole rings is 2. The van der Waals surface area contributed by atoms with Crippen molar-refractivity contribution in [3.05, 3.63) is 63.7 Å². The number of hydrogen-bond acceptors (Lipinski definition) is 12. The molecular formula is C33H44BrN3O9Si. The number of methoxy groups -OCH3 is 1. The molecule has 0 aliphatic heterocycles. The summed E-state index contributed by atoms with van der Waals surface area (Å²) in [4.78, 5) is 68.6. The summed E-state index contributed by atoms with van der Waals surface area (Å²) in [7, 11) is -1.04. The number of aryl methyl sites for hydroxylation is 1. The zero-order valence-electron chi connectivity index (χ0n) is 28.4. The van der Waals surface area contributed by atoms with Crippen LogP contribution >= 0.6 is 15.9 Å². The maximum Gasteiger partial charge on any atom is 0.373 e. The van der Waals surface area contributed by atoms with E-state index in [1.165, 1.54) is 13.4 Å². The summed E-state index contributed by atoms with van der Waals surface area (Å²) in [6.45, 7) is 17.1. The summed E-state index contributed by atoms with van der Waals surface area (Å²) in [5.41, 5.74) is 2.03. The van der Waals surface area contributed by atoms with Gasteiger partial charge in [0, 0.05) is 29.8 Å². The second-order valence-corrected chi connectivity index (χ2v) is 18.6. The van der Waals surface area contributed by atoms with E-state index in [2.05, 4.69) is 72.4 Å². The summed E-state index contributed by atoms with van der Waals surface area (Å²) in [5, 5.41) is 0. The van der Waals surface area contributed by atoms with E-state index in [0.29, 0.717) is 33.4 Å². The van der Waals surface area contributed by atoms with E-state index in [1.807, 2.05) is 13.8 Å². The minimum atomic E-state index is -2.31. The lowest BCUT2D eigenvalue weighted by Crippen LogP contribution is -2.48. The van der Waals surface area contributed by atoms with Crippen molar-refractivity contribution in [1.29, 1.82) is 0 Å². The first-order valence-electron chi connectivity index (χ1n) is 15.5. The normalized spacial score (nSPS) is 12.8. The van der Waals surface area contributed by atoms with Crippen molar-refractivity contribution in [2.24, 2.45) is 0 Å². The molecular weight excluding hydrogens is 690 g/mol. The van der Waals surface area contributed by atoms with Crippen molar-refractivity contribution in [2.75, 3.05) is 13.7 Å². The molecule has 0 saturated heterocycles. The zero-order chi connectivity index (χ0) is 35.5. The lowest BCUT2D eigenvalue weighted by molar-refractivity contribution is -0.191. The fraction of sp³-hybridized carbons (Fsp3) is 0.545. The molecule has 2 atom stereocenters. The molecule has 0 fully saturated rings. The highest BCUT2D eigenvalue weighted by Gasteiger charge is 2.45. The number of nitrogens with zero attached hydrogens (tertiary/aromatic N) is 3. The Morgan fingerprint density at radius 1 is 0.830 bits per heavy atom. The van der Waals surface area contributed by atoms with Crippen LogP contribution in [0, 0.1) is 6.92 Å². The largest absolute Gasteiger partial charge is 0.464 e. The van der Waals surface area contributed by atoms with Gasteiger partial charge in [-0.2, -0.15) is 9.59 Å². The van der Waals surface area contributed by atoms with Crippen molar-refractivity contribution in [3.8, 4) is 0 Å². The number of halogens is 1.